The summed E-state index contributed by atoms with van der Waals surface area (Å²) in [7, 11) is 0. The minimum absolute atomic E-state index is 0.0150. The largest absolute Gasteiger partial charge is 0.481 e. The standard InChI is InChI=1S/C16H28N2O3/c1-2-7-16(15(20)21)8-4-9-18(11-16)14(19)13-6-3-5-12(13)10-17/h12-13H,2-11,17H2,1H3,(H,20,21). The Morgan fingerprint density at radius 2 is 2.10 bits per heavy atom. The highest BCUT2D eigenvalue weighted by Gasteiger charge is 2.44. The van der Waals surface area contributed by atoms with Crippen molar-refractivity contribution in [2.75, 3.05) is 19.6 Å². The molecule has 5 heteroatoms. The molecule has 2 rings (SSSR count). The van der Waals surface area contributed by atoms with Gasteiger partial charge in [0.15, 0.2) is 0 Å². The van der Waals surface area contributed by atoms with Crippen molar-refractivity contribution in [3.63, 3.8) is 0 Å². The number of aliphatic carboxylic acids is 1. The van der Waals surface area contributed by atoms with Crippen molar-refractivity contribution < 1.29 is 14.7 Å². The smallest absolute Gasteiger partial charge is 0.311 e. The Morgan fingerprint density at radius 1 is 1.33 bits per heavy atom. The van der Waals surface area contributed by atoms with Gasteiger partial charge in [-0.25, -0.2) is 0 Å². The first-order valence-electron chi connectivity index (χ1n) is 8.26. The van der Waals surface area contributed by atoms with Gasteiger partial charge in [0.1, 0.15) is 0 Å². The quantitative estimate of drug-likeness (QED) is 0.811. The van der Waals surface area contributed by atoms with Crippen LogP contribution in [-0.2, 0) is 9.59 Å². The van der Waals surface area contributed by atoms with E-state index in [4.69, 9.17) is 5.73 Å². The van der Waals surface area contributed by atoms with E-state index in [0.29, 0.717) is 32.5 Å². The van der Waals surface area contributed by atoms with E-state index in [1.165, 1.54) is 0 Å². The lowest BCUT2D eigenvalue weighted by Gasteiger charge is -2.41. The summed E-state index contributed by atoms with van der Waals surface area (Å²) in [4.78, 5) is 26.3. The number of piperidine rings is 1. The molecule has 0 aromatic heterocycles. The van der Waals surface area contributed by atoms with E-state index in [0.717, 1.165) is 32.1 Å². The summed E-state index contributed by atoms with van der Waals surface area (Å²) >= 11 is 0. The van der Waals surface area contributed by atoms with Gasteiger partial charge in [-0.05, 0) is 44.6 Å². The van der Waals surface area contributed by atoms with Crippen molar-refractivity contribution in [1.82, 2.24) is 4.90 Å². The van der Waals surface area contributed by atoms with Crippen LogP contribution in [-0.4, -0.2) is 41.5 Å². The Hall–Kier alpha value is -1.10. The molecule has 0 aromatic rings. The molecule has 2 aliphatic rings. The molecule has 1 aliphatic heterocycles. The van der Waals surface area contributed by atoms with Crippen LogP contribution in [0.25, 0.3) is 0 Å². The zero-order valence-corrected chi connectivity index (χ0v) is 13.0. The van der Waals surface area contributed by atoms with Crippen molar-refractivity contribution in [1.29, 1.82) is 0 Å². The summed E-state index contributed by atoms with van der Waals surface area (Å²) in [6, 6.07) is 0. The number of hydrogen-bond donors (Lipinski definition) is 2. The fraction of sp³-hybridized carbons (Fsp3) is 0.875. The van der Waals surface area contributed by atoms with Crippen LogP contribution in [0, 0.1) is 17.3 Å². The first-order valence-corrected chi connectivity index (χ1v) is 8.26. The molecular formula is C16H28N2O3. The number of carboxylic acids is 1. The molecule has 3 atom stereocenters. The summed E-state index contributed by atoms with van der Waals surface area (Å²) in [6.45, 7) is 3.64. The first kappa shape index (κ1) is 16.3. The molecule has 1 saturated carbocycles. The van der Waals surface area contributed by atoms with E-state index >= 15 is 0 Å². The molecule has 1 aliphatic carbocycles. The zero-order chi connectivity index (χ0) is 15.5. The van der Waals surface area contributed by atoms with Gasteiger partial charge in [0.05, 0.1) is 5.41 Å². The second-order valence-corrected chi connectivity index (χ2v) is 6.73. The maximum Gasteiger partial charge on any atom is 0.311 e. The van der Waals surface area contributed by atoms with E-state index in [2.05, 4.69) is 0 Å². The number of carbonyl (C=O) groups is 2. The minimum Gasteiger partial charge on any atom is -0.481 e. The molecule has 0 spiro atoms. The Balaban J connectivity index is 2.09. The van der Waals surface area contributed by atoms with Gasteiger partial charge in [0, 0.05) is 19.0 Å². The van der Waals surface area contributed by atoms with Crippen molar-refractivity contribution in [2.24, 2.45) is 23.0 Å². The van der Waals surface area contributed by atoms with Gasteiger partial charge in [0.2, 0.25) is 5.91 Å². The van der Waals surface area contributed by atoms with E-state index in [9.17, 15) is 14.7 Å². The maximum absolute atomic E-state index is 12.8. The van der Waals surface area contributed by atoms with Crippen molar-refractivity contribution in [3.05, 3.63) is 0 Å². The van der Waals surface area contributed by atoms with Crippen molar-refractivity contribution in [2.45, 2.75) is 51.9 Å². The Labute approximate surface area is 126 Å². The molecule has 3 N–H and O–H groups in total. The highest BCUT2D eigenvalue weighted by molar-refractivity contribution is 5.81. The Morgan fingerprint density at radius 3 is 2.71 bits per heavy atom. The summed E-state index contributed by atoms with van der Waals surface area (Å²) in [5, 5.41) is 9.62. The molecule has 2 fully saturated rings. The Kier molecular flexibility index (Phi) is 5.25. The number of likely N-dealkylation sites (tertiary alicyclic amines) is 1. The van der Waals surface area contributed by atoms with Crippen molar-refractivity contribution >= 4 is 11.9 Å². The number of amides is 1. The summed E-state index contributed by atoms with van der Waals surface area (Å²) in [5.41, 5.74) is 5.04. The third-order valence-electron chi connectivity index (χ3n) is 5.35. The second-order valence-electron chi connectivity index (χ2n) is 6.73. The number of hydrogen-bond acceptors (Lipinski definition) is 3. The molecule has 1 saturated heterocycles. The fourth-order valence-corrected chi connectivity index (χ4v) is 4.16. The third kappa shape index (κ3) is 3.23. The van der Waals surface area contributed by atoms with Gasteiger partial charge in [-0.2, -0.15) is 0 Å². The maximum atomic E-state index is 12.8. The number of nitrogens with two attached hydrogens (primary N) is 1. The molecular weight excluding hydrogens is 268 g/mol. The highest BCUT2D eigenvalue weighted by Crippen LogP contribution is 2.38. The molecule has 0 radical (unpaired) electrons. The third-order valence-corrected chi connectivity index (χ3v) is 5.35. The molecule has 0 bridgehead atoms. The van der Waals surface area contributed by atoms with E-state index in [1.54, 1.807) is 0 Å². The molecule has 3 unspecified atom stereocenters. The zero-order valence-electron chi connectivity index (χ0n) is 13.0. The van der Waals surface area contributed by atoms with E-state index in [1.807, 2.05) is 11.8 Å². The van der Waals surface area contributed by atoms with Gasteiger partial charge in [0.25, 0.3) is 0 Å². The predicted octanol–water partition coefficient (Wildman–Crippen LogP) is 1.85. The SMILES string of the molecule is CCCC1(C(=O)O)CCCN(C(=O)C2CCCC2CN)C1. The molecule has 5 nitrogen and oxygen atoms in total. The van der Waals surface area contributed by atoms with Crippen LogP contribution in [0.4, 0.5) is 0 Å². The number of rotatable bonds is 5. The van der Waals surface area contributed by atoms with Crippen LogP contribution >= 0.6 is 0 Å². The van der Waals surface area contributed by atoms with Crippen LogP contribution in [0.15, 0.2) is 0 Å². The molecule has 0 aromatic carbocycles. The summed E-state index contributed by atoms with van der Waals surface area (Å²) < 4.78 is 0. The van der Waals surface area contributed by atoms with Crippen LogP contribution in [0.5, 0.6) is 0 Å². The average molecular weight is 296 g/mol. The minimum atomic E-state index is -0.747. The average Bonchev–Trinajstić information content (AvgIpc) is 2.95. The monoisotopic (exact) mass is 296 g/mol. The van der Waals surface area contributed by atoms with Crippen LogP contribution in [0.2, 0.25) is 0 Å². The van der Waals surface area contributed by atoms with E-state index < -0.39 is 11.4 Å². The summed E-state index contributed by atoms with van der Waals surface area (Å²) in [6.07, 6.45) is 5.96. The van der Waals surface area contributed by atoms with Gasteiger partial charge in [-0.3, -0.25) is 9.59 Å². The van der Waals surface area contributed by atoms with Crippen molar-refractivity contribution in [3.8, 4) is 0 Å². The number of carbonyl (C=O) groups excluding carboxylic acids is 1. The summed E-state index contributed by atoms with van der Waals surface area (Å²) in [5.74, 6) is -0.306. The predicted molar refractivity (Wildman–Crippen MR) is 80.7 cm³/mol. The normalized spacial score (nSPS) is 33.1. The molecule has 1 amide bonds. The fourth-order valence-electron chi connectivity index (χ4n) is 4.16. The topological polar surface area (TPSA) is 83.6 Å². The lowest BCUT2D eigenvalue weighted by molar-refractivity contribution is -0.156. The lowest BCUT2D eigenvalue weighted by atomic mass is 9.76. The van der Waals surface area contributed by atoms with Gasteiger partial charge in [-0.1, -0.05) is 19.8 Å². The highest BCUT2D eigenvalue weighted by atomic mass is 16.4. The van der Waals surface area contributed by atoms with Crippen LogP contribution in [0.1, 0.15) is 51.9 Å². The lowest BCUT2D eigenvalue weighted by Crippen LogP contribution is -2.52. The Bertz CT molecular complexity index is 395. The molecule has 1 heterocycles. The first-order chi connectivity index (χ1) is 10.0. The molecule has 120 valence electrons. The van der Waals surface area contributed by atoms with Gasteiger partial charge >= 0.3 is 5.97 Å². The second kappa shape index (κ2) is 6.77. The van der Waals surface area contributed by atoms with Gasteiger partial charge in [-0.15, -0.1) is 0 Å². The van der Waals surface area contributed by atoms with Crippen LogP contribution < -0.4 is 5.73 Å². The van der Waals surface area contributed by atoms with Crippen LogP contribution in [0.3, 0.4) is 0 Å². The molecule has 21 heavy (non-hydrogen) atoms. The van der Waals surface area contributed by atoms with Gasteiger partial charge < -0.3 is 15.7 Å². The number of carboxylic acid groups (broad SMARTS) is 1. The van der Waals surface area contributed by atoms with E-state index in [-0.39, 0.29) is 17.7 Å². The number of nitrogens with zero attached hydrogens (tertiary/aromatic N) is 1.